The second-order valence-electron chi connectivity index (χ2n) is 5.44. The maximum atomic E-state index is 13.3. The average molecular weight is 379 g/mol. The second kappa shape index (κ2) is 7.61. The fraction of sp³-hybridized carbons (Fsp3) is 0.235. The number of thiophene rings is 1. The number of alkyl halides is 2. The highest BCUT2D eigenvalue weighted by molar-refractivity contribution is 7.12. The molecule has 1 amide bonds. The molecule has 1 N–H and O–H groups in total. The molecule has 1 unspecified atom stereocenters. The molecule has 0 fully saturated rings. The van der Waals surface area contributed by atoms with Crippen LogP contribution >= 0.6 is 11.3 Å². The number of hydrogen-bond donors (Lipinski definition) is 1. The summed E-state index contributed by atoms with van der Waals surface area (Å²) in [6.45, 7) is -1.77. The summed E-state index contributed by atoms with van der Waals surface area (Å²) in [7, 11) is 0. The van der Waals surface area contributed by atoms with E-state index >= 15 is 0 Å². The molecule has 0 saturated carbocycles. The summed E-state index contributed by atoms with van der Waals surface area (Å²) in [4.78, 5) is 28.5. The molecule has 2 aromatic heterocycles. The van der Waals surface area contributed by atoms with Gasteiger partial charge in [0.1, 0.15) is 12.6 Å². The summed E-state index contributed by atoms with van der Waals surface area (Å²) >= 11 is 1.24. The summed E-state index contributed by atoms with van der Waals surface area (Å²) in [5, 5.41) is 4.25. The summed E-state index contributed by atoms with van der Waals surface area (Å²) in [5.41, 5.74) is 0.644. The summed E-state index contributed by atoms with van der Waals surface area (Å²) in [6.07, 6.45) is 0. The molecule has 0 aliphatic heterocycles. The van der Waals surface area contributed by atoms with Crippen molar-refractivity contribution in [3.8, 4) is 0 Å². The van der Waals surface area contributed by atoms with Crippen LogP contribution < -0.4 is 5.32 Å². The summed E-state index contributed by atoms with van der Waals surface area (Å²) < 4.78 is 32.4. The third-order valence-electron chi connectivity index (χ3n) is 3.65. The molecule has 2 heterocycles. The first-order valence-corrected chi connectivity index (χ1v) is 8.60. The highest BCUT2D eigenvalue weighted by Gasteiger charge is 2.22. The smallest absolute Gasteiger partial charge is 0.328 e. The van der Waals surface area contributed by atoms with Gasteiger partial charge in [-0.2, -0.15) is 8.78 Å². The van der Waals surface area contributed by atoms with E-state index in [0.717, 1.165) is 4.57 Å². The molecule has 6 nitrogen and oxygen atoms in total. The Balaban J connectivity index is 1.66. The van der Waals surface area contributed by atoms with E-state index in [-0.39, 0.29) is 11.3 Å². The van der Waals surface area contributed by atoms with Crippen molar-refractivity contribution in [3.05, 3.63) is 52.5 Å². The SMILES string of the molecule is CC(NC(=O)c1cccs1)C(=O)OCc1nc2ccccc2n1C(F)F. The Hall–Kier alpha value is -2.81. The molecule has 1 atom stereocenters. The van der Waals surface area contributed by atoms with E-state index in [1.54, 1.807) is 35.7 Å². The lowest BCUT2D eigenvalue weighted by atomic mass is 10.3. The Bertz CT molecular complexity index is 925. The third-order valence-corrected chi connectivity index (χ3v) is 4.52. The number of benzene rings is 1. The molecule has 0 aliphatic rings. The van der Waals surface area contributed by atoms with E-state index in [0.29, 0.717) is 10.4 Å². The molecule has 9 heteroatoms. The zero-order chi connectivity index (χ0) is 18.7. The van der Waals surface area contributed by atoms with Crippen LogP contribution in [0.25, 0.3) is 11.0 Å². The zero-order valence-electron chi connectivity index (χ0n) is 13.7. The number of hydrogen-bond acceptors (Lipinski definition) is 5. The van der Waals surface area contributed by atoms with E-state index < -0.39 is 31.1 Å². The number of carbonyl (C=O) groups excluding carboxylic acids is 2. The quantitative estimate of drug-likeness (QED) is 0.667. The van der Waals surface area contributed by atoms with Gasteiger partial charge in [0.25, 0.3) is 5.91 Å². The molecule has 0 aliphatic carbocycles. The van der Waals surface area contributed by atoms with Gasteiger partial charge >= 0.3 is 12.5 Å². The summed E-state index contributed by atoms with van der Waals surface area (Å²) in [6, 6.07) is 8.85. The fourth-order valence-electron chi connectivity index (χ4n) is 2.41. The van der Waals surface area contributed by atoms with Gasteiger partial charge in [0.15, 0.2) is 5.82 Å². The zero-order valence-corrected chi connectivity index (χ0v) is 14.5. The second-order valence-corrected chi connectivity index (χ2v) is 6.39. The Morgan fingerprint density at radius 2 is 2.04 bits per heavy atom. The number of nitrogens with zero attached hydrogens (tertiary/aromatic N) is 2. The Morgan fingerprint density at radius 1 is 1.27 bits per heavy atom. The van der Waals surface area contributed by atoms with Crippen molar-refractivity contribution in [2.75, 3.05) is 0 Å². The third kappa shape index (κ3) is 3.72. The van der Waals surface area contributed by atoms with Gasteiger partial charge in [-0.1, -0.05) is 18.2 Å². The van der Waals surface area contributed by atoms with Gasteiger partial charge in [-0.05, 0) is 30.5 Å². The summed E-state index contributed by atoms with van der Waals surface area (Å²) in [5.74, 6) is -1.20. The molecule has 136 valence electrons. The van der Waals surface area contributed by atoms with Gasteiger partial charge in [0.2, 0.25) is 0 Å². The molecular formula is C17H15F2N3O3S. The van der Waals surface area contributed by atoms with Crippen LogP contribution in [0.15, 0.2) is 41.8 Å². The molecule has 1 aromatic carbocycles. The van der Waals surface area contributed by atoms with Gasteiger partial charge in [0, 0.05) is 0 Å². The van der Waals surface area contributed by atoms with Crippen molar-refractivity contribution in [3.63, 3.8) is 0 Å². The van der Waals surface area contributed by atoms with Crippen LogP contribution in [0.4, 0.5) is 8.78 Å². The predicted octanol–water partition coefficient (Wildman–Crippen LogP) is 3.35. The number of nitrogens with one attached hydrogen (secondary N) is 1. The van der Waals surface area contributed by atoms with E-state index in [2.05, 4.69) is 10.3 Å². The average Bonchev–Trinajstić information content (AvgIpc) is 3.26. The van der Waals surface area contributed by atoms with E-state index in [4.69, 9.17) is 4.74 Å². The molecule has 0 bridgehead atoms. The number of carbonyl (C=O) groups is 2. The number of rotatable bonds is 6. The largest absolute Gasteiger partial charge is 0.456 e. The van der Waals surface area contributed by atoms with Crippen LogP contribution in [-0.4, -0.2) is 27.5 Å². The van der Waals surface area contributed by atoms with Crippen molar-refractivity contribution < 1.29 is 23.1 Å². The van der Waals surface area contributed by atoms with Crippen molar-refractivity contribution in [2.45, 2.75) is 26.1 Å². The molecule has 0 spiro atoms. The maximum absolute atomic E-state index is 13.3. The van der Waals surface area contributed by atoms with Crippen LogP contribution in [0.2, 0.25) is 0 Å². The van der Waals surface area contributed by atoms with Gasteiger partial charge in [-0.15, -0.1) is 11.3 Å². The lowest BCUT2D eigenvalue weighted by Gasteiger charge is -2.13. The fourth-order valence-corrected chi connectivity index (χ4v) is 3.04. The number of aromatic nitrogens is 2. The molecular weight excluding hydrogens is 364 g/mol. The number of fused-ring (bicyclic) bond motifs is 1. The minimum atomic E-state index is -2.81. The van der Waals surface area contributed by atoms with Crippen LogP contribution in [0.5, 0.6) is 0 Å². The first-order valence-electron chi connectivity index (χ1n) is 7.72. The number of para-hydroxylation sites is 2. The standard InChI is InChI=1S/C17H15F2N3O3S/c1-10(20-15(23)13-7-4-8-26-13)16(24)25-9-14-21-11-5-2-3-6-12(11)22(14)17(18)19/h2-8,10,17H,9H2,1H3,(H,20,23). The highest BCUT2D eigenvalue weighted by Crippen LogP contribution is 2.23. The molecule has 0 radical (unpaired) electrons. The molecule has 0 saturated heterocycles. The van der Waals surface area contributed by atoms with E-state index in [1.807, 2.05) is 0 Å². The van der Waals surface area contributed by atoms with E-state index in [9.17, 15) is 18.4 Å². The van der Waals surface area contributed by atoms with Crippen LogP contribution in [0.3, 0.4) is 0 Å². The number of esters is 1. The number of amides is 1. The Kier molecular flexibility index (Phi) is 5.27. The Morgan fingerprint density at radius 3 is 2.73 bits per heavy atom. The molecule has 3 rings (SSSR count). The van der Waals surface area contributed by atoms with Crippen molar-refractivity contribution in [1.29, 1.82) is 0 Å². The van der Waals surface area contributed by atoms with Gasteiger partial charge in [-0.3, -0.25) is 9.36 Å². The molecule has 26 heavy (non-hydrogen) atoms. The minimum Gasteiger partial charge on any atom is -0.456 e. The van der Waals surface area contributed by atoms with Gasteiger partial charge in [0.05, 0.1) is 15.9 Å². The number of ether oxygens (including phenoxy) is 1. The minimum absolute atomic E-state index is 0.0636. The van der Waals surface area contributed by atoms with Crippen molar-refractivity contribution in [2.24, 2.45) is 0 Å². The van der Waals surface area contributed by atoms with Crippen molar-refractivity contribution >= 4 is 34.2 Å². The van der Waals surface area contributed by atoms with Crippen LogP contribution in [0, 0.1) is 0 Å². The monoisotopic (exact) mass is 379 g/mol. The number of imidazole rings is 1. The maximum Gasteiger partial charge on any atom is 0.328 e. The Labute approximate surface area is 151 Å². The normalized spacial score (nSPS) is 12.3. The van der Waals surface area contributed by atoms with Crippen LogP contribution in [-0.2, 0) is 16.1 Å². The lowest BCUT2D eigenvalue weighted by Crippen LogP contribution is -2.39. The molecule has 3 aromatic rings. The topological polar surface area (TPSA) is 73.2 Å². The van der Waals surface area contributed by atoms with Gasteiger partial charge in [-0.25, -0.2) is 9.78 Å². The number of halogens is 2. The van der Waals surface area contributed by atoms with E-state index in [1.165, 1.54) is 24.3 Å². The van der Waals surface area contributed by atoms with Crippen LogP contribution in [0.1, 0.15) is 29.0 Å². The highest BCUT2D eigenvalue weighted by atomic mass is 32.1. The van der Waals surface area contributed by atoms with Crippen molar-refractivity contribution in [1.82, 2.24) is 14.9 Å². The van der Waals surface area contributed by atoms with Gasteiger partial charge < -0.3 is 10.1 Å². The first-order chi connectivity index (χ1) is 12.5. The predicted molar refractivity (Wildman–Crippen MR) is 92.0 cm³/mol. The first kappa shape index (κ1) is 18.0. The lowest BCUT2D eigenvalue weighted by molar-refractivity contribution is -0.147.